The van der Waals surface area contributed by atoms with E-state index in [2.05, 4.69) is 68.9 Å². The first-order valence-electron chi connectivity index (χ1n) is 16.4. The van der Waals surface area contributed by atoms with Gasteiger partial charge in [0.15, 0.2) is 0 Å². The zero-order chi connectivity index (χ0) is 35.4. The second kappa shape index (κ2) is 21.3. The van der Waals surface area contributed by atoms with E-state index in [9.17, 15) is 19.2 Å². The van der Waals surface area contributed by atoms with Gasteiger partial charge in [-0.05, 0) is 37.1 Å². The van der Waals surface area contributed by atoms with Gasteiger partial charge in [-0.15, -0.1) is 0 Å². The minimum Gasteiger partial charge on any atom is -0.432 e. The van der Waals surface area contributed by atoms with Crippen LogP contribution in [0.1, 0.15) is 84.9 Å². The molecule has 0 saturated carbocycles. The van der Waals surface area contributed by atoms with Crippen molar-refractivity contribution in [1.29, 1.82) is 0 Å². The monoisotopic (exact) mass is 706 g/mol. The van der Waals surface area contributed by atoms with Gasteiger partial charge >= 0.3 is 24.2 Å². The summed E-state index contributed by atoms with van der Waals surface area (Å²) < 4.78 is 9.82. The Morgan fingerprint density at radius 2 is 0.729 bits per heavy atom. The van der Waals surface area contributed by atoms with Crippen LogP contribution in [0.3, 0.4) is 0 Å². The molecule has 2 aromatic carbocycles. The van der Waals surface area contributed by atoms with E-state index < -0.39 is 40.4 Å². The van der Waals surface area contributed by atoms with Crippen molar-refractivity contribution < 1.29 is 58.3 Å². The van der Waals surface area contributed by atoms with Crippen molar-refractivity contribution in [3.63, 3.8) is 0 Å². The first-order valence-corrected chi connectivity index (χ1v) is 23.4. The van der Waals surface area contributed by atoms with Crippen molar-refractivity contribution >= 4 is 50.8 Å². The molecule has 14 heteroatoms. The third-order valence-corrected chi connectivity index (χ3v) is 11.5. The van der Waals surface area contributed by atoms with Crippen LogP contribution in [-0.2, 0) is 39.1 Å². The average molecular weight is 707 g/mol. The molecular weight excluding hydrogens is 657 g/mol. The lowest BCUT2D eigenvalue weighted by atomic mass is 10.1. The average Bonchev–Trinajstić information content (AvgIpc) is 3.04. The number of carbonyl (C=O) groups excluding carboxylic acids is 4. The smallest absolute Gasteiger partial charge is 0.432 e. The summed E-state index contributed by atoms with van der Waals surface area (Å²) in [4.78, 5) is 64.8. The van der Waals surface area contributed by atoms with Crippen molar-refractivity contribution in [3.8, 4) is 0 Å². The summed E-state index contributed by atoms with van der Waals surface area (Å²) >= 11 is 0. The number of ether oxygens (including phenoxy) is 2. The van der Waals surface area contributed by atoms with Gasteiger partial charge in [-0.25, -0.2) is 29.0 Å². The van der Waals surface area contributed by atoms with E-state index in [1.165, 1.54) is 10.4 Å². The molecule has 0 aliphatic rings. The molecule has 2 rings (SSSR count). The Kier molecular flexibility index (Phi) is 17.9. The predicted octanol–water partition coefficient (Wildman–Crippen LogP) is 7.69. The molecule has 0 fully saturated rings. The number of hydrogen-bond donors (Lipinski definition) is 0. The number of hydrogen-bond acceptors (Lipinski definition) is 12. The Labute approximate surface area is 285 Å². The largest absolute Gasteiger partial charge is 0.543 e. The quantitative estimate of drug-likeness (QED) is 0.0413. The van der Waals surface area contributed by atoms with Crippen LogP contribution in [0.2, 0.25) is 39.3 Å². The van der Waals surface area contributed by atoms with E-state index in [0.29, 0.717) is 12.8 Å². The first-order chi connectivity index (χ1) is 22.8. The van der Waals surface area contributed by atoms with Crippen LogP contribution < -0.4 is 10.4 Å². The number of benzene rings is 2. The lowest BCUT2D eigenvalue weighted by Crippen LogP contribution is -2.37. The summed E-state index contributed by atoms with van der Waals surface area (Å²) in [5, 5.41) is 10.9. The fourth-order valence-electron chi connectivity index (χ4n) is 4.44. The maximum atomic E-state index is 12.0. The third kappa shape index (κ3) is 16.9. The summed E-state index contributed by atoms with van der Waals surface area (Å²) in [6, 6.07) is 14.1. The number of carbonyl (C=O) groups is 4. The van der Waals surface area contributed by atoms with E-state index in [0.717, 1.165) is 51.4 Å². The first kappa shape index (κ1) is 40.4. The maximum absolute atomic E-state index is 12.0. The molecular formula is C34H50O12Si2. The van der Waals surface area contributed by atoms with Crippen LogP contribution in [0.25, 0.3) is 0 Å². The zero-order valence-electron chi connectivity index (χ0n) is 29.0. The van der Waals surface area contributed by atoms with Crippen molar-refractivity contribution in [2.24, 2.45) is 0 Å². The normalized spacial score (nSPS) is 11.4. The van der Waals surface area contributed by atoms with Crippen molar-refractivity contribution in [2.75, 3.05) is 13.2 Å². The topological polar surface area (TPSA) is 142 Å². The molecule has 0 N–H and O–H groups in total. The van der Waals surface area contributed by atoms with Gasteiger partial charge in [-0.2, -0.15) is 0 Å². The molecule has 0 amide bonds. The highest BCUT2D eigenvalue weighted by Crippen LogP contribution is 2.12. The number of rotatable bonds is 21. The van der Waals surface area contributed by atoms with Crippen LogP contribution in [0.5, 0.6) is 0 Å². The van der Waals surface area contributed by atoms with Crippen LogP contribution >= 0.6 is 0 Å². The van der Waals surface area contributed by atoms with E-state index in [1.807, 2.05) is 24.3 Å². The third-order valence-electron chi connectivity index (χ3n) is 7.38. The second-order valence-electron chi connectivity index (χ2n) is 13.4. The second-order valence-corrected chi connectivity index (χ2v) is 23.6. The predicted molar refractivity (Wildman–Crippen MR) is 183 cm³/mol. The van der Waals surface area contributed by atoms with Crippen LogP contribution in [0.15, 0.2) is 48.5 Å². The summed E-state index contributed by atoms with van der Waals surface area (Å²) in [6.07, 6.45) is 7.40. The molecule has 0 heterocycles. The molecule has 0 atom stereocenters. The molecule has 48 heavy (non-hydrogen) atoms. The molecule has 2 aromatic rings. The van der Waals surface area contributed by atoms with Gasteiger partial charge < -0.3 is 9.47 Å². The molecule has 12 nitrogen and oxygen atoms in total. The maximum Gasteiger partial charge on any atom is 0.543 e. The summed E-state index contributed by atoms with van der Waals surface area (Å²) in [5.41, 5.74) is 0.569. The SMILES string of the molecule is C[Si](C)(C)c1ccc(C(=O)OOOC(=O)OCCCCCCCCCCCCOC(=O)OOOC(=O)c2ccc([Si](C)(C)C)cc2)cc1. The summed E-state index contributed by atoms with van der Waals surface area (Å²) in [7, 11) is -2.96. The van der Waals surface area contributed by atoms with Gasteiger partial charge in [0.05, 0.1) is 50.6 Å². The van der Waals surface area contributed by atoms with Gasteiger partial charge in [0, 0.05) is 0 Å². The van der Waals surface area contributed by atoms with Gasteiger partial charge in [0.1, 0.15) is 0 Å². The highest BCUT2D eigenvalue weighted by Gasteiger charge is 2.19. The summed E-state index contributed by atoms with van der Waals surface area (Å²) in [6.45, 7) is 13.6. The Morgan fingerprint density at radius 1 is 0.438 bits per heavy atom. The molecule has 0 spiro atoms. The van der Waals surface area contributed by atoms with Crippen molar-refractivity contribution in [2.45, 2.75) is 103 Å². The van der Waals surface area contributed by atoms with E-state index >= 15 is 0 Å². The van der Waals surface area contributed by atoms with E-state index in [1.54, 1.807) is 24.3 Å². The Bertz CT molecular complexity index is 1170. The van der Waals surface area contributed by atoms with Gasteiger partial charge in [-0.3, -0.25) is 9.78 Å². The lowest BCUT2D eigenvalue weighted by Gasteiger charge is -2.16. The Hall–Kier alpha value is -3.73. The van der Waals surface area contributed by atoms with Crippen molar-refractivity contribution in [1.82, 2.24) is 0 Å². The number of unbranched alkanes of at least 4 members (excludes halogenated alkanes) is 9. The Morgan fingerprint density at radius 3 is 1.02 bits per heavy atom. The Balaban J connectivity index is 1.35. The molecule has 0 radical (unpaired) electrons. The minimum absolute atomic E-state index is 0.175. The minimum atomic E-state index is -1.48. The van der Waals surface area contributed by atoms with E-state index in [4.69, 9.17) is 9.47 Å². The summed E-state index contributed by atoms with van der Waals surface area (Å²) in [5.74, 6) is -1.55. The highest BCUT2D eigenvalue weighted by atomic mass is 28.3. The fraction of sp³-hybridized carbons (Fsp3) is 0.529. The van der Waals surface area contributed by atoms with Crippen molar-refractivity contribution in [3.05, 3.63) is 59.7 Å². The fourth-order valence-corrected chi connectivity index (χ4v) is 6.77. The molecule has 0 aromatic heterocycles. The molecule has 0 aliphatic carbocycles. The van der Waals surface area contributed by atoms with Crippen LogP contribution in [0.4, 0.5) is 9.59 Å². The van der Waals surface area contributed by atoms with Gasteiger partial charge in [0.2, 0.25) is 0 Å². The molecule has 0 unspecified atom stereocenters. The van der Waals surface area contributed by atoms with Crippen LogP contribution in [0, 0.1) is 0 Å². The highest BCUT2D eigenvalue weighted by molar-refractivity contribution is 6.89. The lowest BCUT2D eigenvalue weighted by molar-refractivity contribution is -0.452. The molecule has 0 bridgehead atoms. The van der Waals surface area contributed by atoms with Gasteiger partial charge in [-0.1, -0.05) is 125 Å². The molecule has 266 valence electrons. The van der Waals surface area contributed by atoms with Gasteiger partial charge in [0.25, 0.3) is 0 Å². The molecule has 0 saturated heterocycles. The zero-order valence-corrected chi connectivity index (χ0v) is 31.0. The van der Waals surface area contributed by atoms with E-state index in [-0.39, 0.29) is 24.3 Å². The standard InChI is InChI=1S/C34H50O12Si2/c1-47(2,3)29-21-17-27(18-22-29)31(35)41-45-43-33(37)39-25-15-13-11-9-7-8-10-12-14-16-26-40-34(38)44-46-42-32(36)28-19-23-30(24-20-28)48(4,5)6/h17-24H,7-16,25-26H2,1-6H3. The van der Waals surface area contributed by atoms with Crippen LogP contribution in [-0.4, -0.2) is 53.6 Å². The molecule has 0 aliphatic heterocycles.